The van der Waals surface area contributed by atoms with Gasteiger partial charge in [0.15, 0.2) is 5.16 Å². The van der Waals surface area contributed by atoms with Crippen LogP contribution < -0.4 is 10.1 Å². The van der Waals surface area contributed by atoms with Gasteiger partial charge in [0, 0.05) is 18.7 Å². The molecule has 0 aliphatic heterocycles. The highest BCUT2D eigenvalue weighted by Gasteiger charge is 2.13. The molecule has 0 saturated heterocycles. The van der Waals surface area contributed by atoms with Gasteiger partial charge in [-0.05, 0) is 62.1 Å². The zero-order valence-corrected chi connectivity index (χ0v) is 18.5. The molecule has 0 fully saturated rings. The minimum absolute atomic E-state index is 0.0442. The van der Waals surface area contributed by atoms with Crippen LogP contribution in [0.5, 0.6) is 5.75 Å². The smallest absolute Gasteiger partial charge is 0.234 e. The van der Waals surface area contributed by atoms with Gasteiger partial charge in [-0.2, -0.15) is 0 Å². The lowest BCUT2D eigenvalue weighted by Gasteiger charge is -2.08. The van der Waals surface area contributed by atoms with E-state index in [4.69, 9.17) is 4.74 Å². The van der Waals surface area contributed by atoms with E-state index in [1.54, 1.807) is 7.11 Å². The molecule has 1 heterocycles. The van der Waals surface area contributed by atoms with Crippen molar-refractivity contribution in [2.24, 2.45) is 0 Å². The molecule has 1 aromatic heterocycles. The van der Waals surface area contributed by atoms with E-state index in [-0.39, 0.29) is 5.91 Å². The first-order valence-electron chi connectivity index (χ1n) is 10.1. The molecule has 1 amide bonds. The summed E-state index contributed by atoms with van der Waals surface area (Å²) in [6, 6.07) is 16.0. The summed E-state index contributed by atoms with van der Waals surface area (Å²) in [5.41, 5.74) is 3.21. The Labute approximate surface area is 182 Å². The van der Waals surface area contributed by atoms with Gasteiger partial charge in [0.05, 0.1) is 12.9 Å². The fourth-order valence-electron chi connectivity index (χ4n) is 3.22. The van der Waals surface area contributed by atoms with Gasteiger partial charge in [0.25, 0.3) is 0 Å². The molecule has 6 nitrogen and oxygen atoms in total. The number of carbonyl (C=O) groups is 1. The normalized spacial score (nSPS) is 10.8. The van der Waals surface area contributed by atoms with Crippen molar-refractivity contribution in [1.82, 2.24) is 14.8 Å². The zero-order chi connectivity index (χ0) is 21.3. The average molecular weight is 425 g/mol. The van der Waals surface area contributed by atoms with Crippen LogP contribution in [-0.4, -0.2) is 33.5 Å². The molecule has 0 bridgehead atoms. The second-order valence-corrected chi connectivity index (χ2v) is 7.99. The van der Waals surface area contributed by atoms with Gasteiger partial charge < -0.3 is 14.6 Å². The van der Waals surface area contributed by atoms with E-state index in [2.05, 4.69) is 39.1 Å². The van der Waals surface area contributed by atoms with Crippen LogP contribution in [0.15, 0.2) is 53.7 Å². The molecule has 158 valence electrons. The summed E-state index contributed by atoms with van der Waals surface area (Å²) in [4.78, 5) is 12.3. The molecule has 0 saturated carbocycles. The molecule has 0 spiro atoms. The van der Waals surface area contributed by atoms with E-state index >= 15 is 0 Å². The highest BCUT2D eigenvalue weighted by atomic mass is 32.2. The Balaban J connectivity index is 1.51. The molecule has 30 heavy (non-hydrogen) atoms. The molecule has 0 aliphatic rings. The number of hydrogen-bond acceptors (Lipinski definition) is 5. The van der Waals surface area contributed by atoms with E-state index in [0.29, 0.717) is 5.75 Å². The third-order valence-electron chi connectivity index (χ3n) is 4.77. The van der Waals surface area contributed by atoms with Crippen molar-refractivity contribution in [3.63, 3.8) is 0 Å². The molecule has 0 atom stereocenters. The summed E-state index contributed by atoms with van der Waals surface area (Å²) < 4.78 is 7.30. The number of nitrogens with zero attached hydrogens (tertiary/aromatic N) is 3. The maximum absolute atomic E-state index is 12.3. The Morgan fingerprint density at radius 3 is 2.63 bits per heavy atom. The highest BCUT2D eigenvalue weighted by molar-refractivity contribution is 7.99. The van der Waals surface area contributed by atoms with Crippen molar-refractivity contribution in [3.8, 4) is 5.75 Å². The fraction of sp³-hybridized carbons (Fsp3) is 0.348. The number of ether oxygens (including phenoxy) is 1. The Morgan fingerprint density at radius 2 is 1.93 bits per heavy atom. The molecule has 1 N–H and O–H groups in total. The predicted octanol–water partition coefficient (Wildman–Crippen LogP) is 4.52. The monoisotopic (exact) mass is 424 g/mol. The van der Waals surface area contributed by atoms with Crippen LogP contribution in [0, 0.1) is 6.92 Å². The number of nitrogens with one attached hydrogen (secondary N) is 1. The molecular formula is C23H28N4O2S. The van der Waals surface area contributed by atoms with Crippen molar-refractivity contribution in [1.29, 1.82) is 0 Å². The van der Waals surface area contributed by atoms with E-state index in [1.807, 2.05) is 43.3 Å². The van der Waals surface area contributed by atoms with Crippen LogP contribution in [-0.2, 0) is 24.2 Å². The van der Waals surface area contributed by atoms with Crippen LogP contribution in [0.2, 0.25) is 0 Å². The van der Waals surface area contributed by atoms with Crippen LogP contribution in [0.4, 0.5) is 5.69 Å². The van der Waals surface area contributed by atoms with Crippen molar-refractivity contribution in [3.05, 3.63) is 65.5 Å². The first-order chi connectivity index (χ1) is 14.6. The fourth-order valence-corrected chi connectivity index (χ4v) is 4.04. The second kappa shape index (κ2) is 10.8. The molecule has 3 aromatic rings. The Hall–Kier alpha value is -2.80. The third-order valence-corrected chi connectivity index (χ3v) is 5.74. The summed E-state index contributed by atoms with van der Waals surface area (Å²) in [6.45, 7) is 4.87. The maximum Gasteiger partial charge on any atom is 0.234 e. The predicted molar refractivity (Wildman–Crippen MR) is 121 cm³/mol. The number of anilines is 1. The number of methoxy groups -OCH3 is 1. The van der Waals surface area contributed by atoms with Crippen LogP contribution in [0.3, 0.4) is 0 Å². The molecule has 7 heteroatoms. The van der Waals surface area contributed by atoms with Gasteiger partial charge in [-0.25, -0.2) is 0 Å². The summed E-state index contributed by atoms with van der Waals surface area (Å²) in [5, 5.41) is 12.4. The Bertz CT molecular complexity index is 970. The van der Waals surface area contributed by atoms with E-state index in [1.165, 1.54) is 17.3 Å². The van der Waals surface area contributed by atoms with E-state index < -0.39 is 0 Å². The average Bonchev–Trinajstić information content (AvgIpc) is 3.14. The molecular weight excluding hydrogens is 396 g/mol. The minimum atomic E-state index is -0.0442. The lowest BCUT2D eigenvalue weighted by Crippen LogP contribution is -2.14. The topological polar surface area (TPSA) is 69.0 Å². The van der Waals surface area contributed by atoms with Gasteiger partial charge >= 0.3 is 0 Å². The number of amides is 1. The van der Waals surface area contributed by atoms with Gasteiger partial charge in [-0.3, -0.25) is 4.79 Å². The van der Waals surface area contributed by atoms with Crippen molar-refractivity contribution in [2.75, 3.05) is 18.2 Å². The standard InChI is InChI=1S/C23H28N4O2S/c1-4-27-21(10-6-8-18-11-13-20(29-3)14-12-18)25-26-23(27)30-16-22(28)24-19-9-5-7-17(2)15-19/h5,7,9,11-15H,4,6,8,10,16H2,1-3H3,(H,24,28). The largest absolute Gasteiger partial charge is 0.497 e. The first kappa shape index (κ1) is 21.9. The lowest BCUT2D eigenvalue weighted by molar-refractivity contribution is -0.113. The zero-order valence-electron chi connectivity index (χ0n) is 17.7. The van der Waals surface area contributed by atoms with E-state index in [0.717, 1.165) is 53.8 Å². The molecule has 2 aromatic carbocycles. The lowest BCUT2D eigenvalue weighted by atomic mass is 10.1. The minimum Gasteiger partial charge on any atom is -0.497 e. The number of aryl methyl sites for hydroxylation is 3. The number of carbonyl (C=O) groups excluding carboxylic acids is 1. The molecule has 0 radical (unpaired) electrons. The maximum atomic E-state index is 12.3. The number of thioether (sulfide) groups is 1. The SMILES string of the molecule is CCn1c(CCCc2ccc(OC)cc2)nnc1SCC(=O)Nc1cccc(C)c1. The van der Waals surface area contributed by atoms with Crippen LogP contribution >= 0.6 is 11.8 Å². The van der Waals surface area contributed by atoms with Gasteiger partial charge in [-0.1, -0.05) is 36.0 Å². The Morgan fingerprint density at radius 1 is 1.13 bits per heavy atom. The first-order valence-corrected chi connectivity index (χ1v) is 11.1. The van der Waals surface area contributed by atoms with Crippen molar-refractivity contribution in [2.45, 2.75) is 44.8 Å². The summed E-state index contributed by atoms with van der Waals surface area (Å²) in [5.74, 6) is 2.10. The Kier molecular flexibility index (Phi) is 7.90. The summed E-state index contributed by atoms with van der Waals surface area (Å²) in [6.07, 6.45) is 2.81. The van der Waals surface area contributed by atoms with Crippen molar-refractivity contribution >= 4 is 23.4 Å². The van der Waals surface area contributed by atoms with Crippen LogP contribution in [0.25, 0.3) is 0 Å². The van der Waals surface area contributed by atoms with Gasteiger partial charge in [0.1, 0.15) is 11.6 Å². The highest BCUT2D eigenvalue weighted by Crippen LogP contribution is 2.19. The number of rotatable bonds is 10. The third kappa shape index (κ3) is 6.10. The van der Waals surface area contributed by atoms with Crippen LogP contribution in [0.1, 0.15) is 30.3 Å². The van der Waals surface area contributed by atoms with Gasteiger partial charge in [-0.15, -0.1) is 10.2 Å². The number of benzene rings is 2. The molecule has 3 rings (SSSR count). The van der Waals surface area contributed by atoms with E-state index in [9.17, 15) is 4.79 Å². The summed E-state index contributed by atoms with van der Waals surface area (Å²) in [7, 11) is 1.68. The second-order valence-electron chi connectivity index (χ2n) is 7.05. The molecule has 0 unspecified atom stereocenters. The van der Waals surface area contributed by atoms with Gasteiger partial charge in [0.2, 0.25) is 5.91 Å². The van der Waals surface area contributed by atoms with Crippen molar-refractivity contribution < 1.29 is 9.53 Å². The number of hydrogen-bond donors (Lipinski definition) is 1. The summed E-state index contributed by atoms with van der Waals surface area (Å²) >= 11 is 1.42. The number of aromatic nitrogens is 3. The quantitative estimate of drug-likeness (QED) is 0.485. The molecule has 0 aliphatic carbocycles.